The summed E-state index contributed by atoms with van der Waals surface area (Å²) in [5.74, 6) is -0.835. The van der Waals surface area contributed by atoms with Gasteiger partial charge in [0, 0.05) is 0 Å². The van der Waals surface area contributed by atoms with Gasteiger partial charge in [0.15, 0.2) is 0 Å². The van der Waals surface area contributed by atoms with Crippen LogP contribution in [0.5, 0.6) is 0 Å². The summed E-state index contributed by atoms with van der Waals surface area (Å²) in [6.07, 6.45) is 2.23. The summed E-state index contributed by atoms with van der Waals surface area (Å²) >= 11 is 3.22. The number of nitrogens with zero attached hydrogens (tertiary/aromatic N) is 1. The largest absolute Gasteiger partial charge is 0.371 e. The molecular weight excluding hydrogens is 433 g/mol. The zero-order valence-electron chi connectivity index (χ0n) is 16.4. The van der Waals surface area contributed by atoms with Crippen molar-refractivity contribution in [1.29, 1.82) is 0 Å². The lowest BCUT2D eigenvalue weighted by Crippen LogP contribution is -2.25. The molecule has 1 aromatic heterocycles. The molecule has 1 heterocycles. The molecule has 7 nitrogen and oxygen atoms in total. The molecule has 9 heteroatoms. The highest BCUT2D eigenvalue weighted by Crippen LogP contribution is 2.25. The van der Waals surface area contributed by atoms with Crippen LogP contribution in [-0.4, -0.2) is 34.5 Å². The lowest BCUT2D eigenvalue weighted by Gasteiger charge is -2.13. The lowest BCUT2D eigenvalue weighted by molar-refractivity contribution is 0.0315. The molecule has 0 fully saturated rings. The first-order valence-electron chi connectivity index (χ1n) is 8.75. The van der Waals surface area contributed by atoms with Crippen LogP contribution in [-0.2, 0) is 4.84 Å². The van der Waals surface area contributed by atoms with E-state index in [4.69, 9.17) is 15.1 Å². The number of aryl methyl sites for hydroxylation is 1. The molecule has 0 aliphatic heterocycles. The topological polar surface area (TPSA) is 104 Å². The molecule has 1 amide bonds. The number of aliphatic hydroxyl groups is 2. The van der Waals surface area contributed by atoms with E-state index in [-0.39, 0.29) is 5.69 Å². The Hall–Kier alpha value is -2.07. The zero-order valence-corrected chi connectivity index (χ0v) is 18.0. The van der Waals surface area contributed by atoms with Crippen molar-refractivity contribution in [3.63, 3.8) is 0 Å². The van der Waals surface area contributed by atoms with Crippen molar-refractivity contribution >= 4 is 33.2 Å². The fraction of sp³-hybridized carbons (Fsp3) is 0.368. The Balaban J connectivity index is 0.00000133. The zero-order chi connectivity index (χ0) is 21.5. The Bertz CT molecular complexity index is 732. The second-order valence-corrected chi connectivity index (χ2v) is 5.89. The molecule has 0 aliphatic rings. The van der Waals surface area contributed by atoms with E-state index < -0.39 is 18.5 Å². The van der Waals surface area contributed by atoms with E-state index in [0.29, 0.717) is 22.5 Å². The van der Waals surface area contributed by atoms with Crippen LogP contribution >= 0.6 is 15.9 Å². The molecule has 0 unspecified atom stereocenters. The first-order valence-corrected chi connectivity index (χ1v) is 9.54. The first-order chi connectivity index (χ1) is 13.4. The van der Waals surface area contributed by atoms with Gasteiger partial charge in [0.1, 0.15) is 17.2 Å². The number of hydrogen-bond acceptors (Lipinski definition) is 6. The van der Waals surface area contributed by atoms with Gasteiger partial charge in [-0.15, -0.1) is 0 Å². The predicted molar refractivity (Wildman–Crippen MR) is 111 cm³/mol. The van der Waals surface area contributed by atoms with Gasteiger partial charge in [-0.3, -0.25) is 9.63 Å². The van der Waals surface area contributed by atoms with Crippen LogP contribution in [0.15, 0.2) is 35.1 Å². The molecule has 156 valence electrons. The van der Waals surface area contributed by atoms with Gasteiger partial charge in [0.25, 0.3) is 5.91 Å². The van der Waals surface area contributed by atoms with E-state index in [1.807, 2.05) is 20.8 Å². The number of aliphatic hydroxyl groups excluding tert-OH is 1. The summed E-state index contributed by atoms with van der Waals surface area (Å²) in [6, 6.07) is 6.35. The number of carbonyl (C=O) groups is 1. The number of aromatic nitrogens is 1. The van der Waals surface area contributed by atoms with Crippen LogP contribution in [0, 0.1) is 12.7 Å². The Morgan fingerprint density at radius 2 is 1.89 bits per heavy atom. The van der Waals surface area contributed by atoms with Crippen LogP contribution in [0.1, 0.15) is 43.1 Å². The minimum absolute atomic E-state index is 0.267. The molecule has 0 aliphatic carbocycles. The quantitative estimate of drug-likeness (QED) is 0.224. The Morgan fingerprint density at radius 1 is 1.25 bits per heavy atom. The summed E-state index contributed by atoms with van der Waals surface area (Å²) in [5.41, 5.74) is 4.11. The van der Waals surface area contributed by atoms with Crippen LogP contribution in [0.25, 0.3) is 0 Å². The molecule has 0 saturated carbocycles. The highest BCUT2D eigenvalue weighted by atomic mass is 79.9. The maximum absolute atomic E-state index is 14.0. The van der Waals surface area contributed by atoms with E-state index in [1.54, 1.807) is 25.1 Å². The van der Waals surface area contributed by atoms with Gasteiger partial charge in [-0.25, -0.2) is 14.9 Å². The van der Waals surface area contributed by atoms with Crippen molar-refractivity contribution in [3.8, 4) is 0 Å². The maximum atomic E-state index is 14.0. The molecule has 0 saturated heterocycles. The first kappa shape index (κ1) is 25.9. The highest BCUT2D eigenvalue weighted by molar-refractivity contribution is 9.10. The van der Waals surface area contributed by atoms with Gasteiger partial charge in [-0.2, -0.15) is 0 Å². The number of nitrogens with one attached hydrogen (secondary N) is 2. The van der Waals surface area contributed by atoms with Gasteiger partial charge in [0.05, 0.1) is 29.7 Å². The number of anilines is 2. The van der Waals surface area contributed by atoms with E-state index in [1.165, 1.54) is 12.3 Å². The third kappa shape index (κ3) is 9.23. The van der Waals surface area contributed by atoms with Crippen LogP contribution in [0.3, 0.4) is 0 Å². The number of hydrogen-bond donors (Lipinski definition) is 4. The van der Waals surface area contributed by atoms with Crippen LogP contribution in [0.4, 0.5) is 15.8 Å². The molecule has 1 aromatic carbocycles. The normalized spacial score (nSPS) is 9.43. The molecule has 0 atom stereocenters. The minimum atomic E-state index is -0.750. The van der Waals surface area contributed by atoms with Gasteiger partial charge in [0.2, 0.25) is 0 Å². The molecule has 2 rings (SSSR count). The minimum Gasteiger partial charge on any atom is -0.371 e. The number of amides is 1. The second kappa shape index (κ2) is 14.9. The van der Waals surface area contributed by atoms with Crippen LogP contribution in [0.2, 0.25) is 0 Å². The molecular formula is C19H27BrFN3O4. The van der Waals surface area contributed by atoms with Gasteiger partial charge >= 0.3 is 0 Å². The Kier molecular flexibility index (Phi) is 13.8. The molecule has 0 radical (unpaired) electrons. The van der Waals surface area contributed by atoms with E-state index in [9.17, 15) is 9.18 Å². The third-order valence-corrected chi connectivity index (χ3v) is 3.41. The SMILES string of the molecule is CC.CCCONC(=O)c1cc(Br)ncc1Nc1ccc(C)cc1F.OCO. The molecule has 4 N–H and O–H groups in total. The van der Waals surface area contributed by atoms with Crippen LogP contribution < -0.4 is 10.8 Å². The van der Waals surface area contributed by atoms with Crippen molar-refractivity contribution < 1.29 is 24.2 Å². The number of carbonyl (C=O) groups excluding carboxylic acids is 1. The van der Waals surface area contributed by atoms with Gasteiger partial charge in [-0.05, 0) is 53.0 Å². The molecule has 28 heavy (non-hydrogen) atoms. The van der Waals surface area contributed by atoms with Crippen molar-refractivity contribution in [1.82, 2.24) is 10.5 Å². The van der Waals surface area contributed by atoms with E-state index >= 15 is 0 Å². The number of hydroxylamine groups is 1. The number of pyridine rings is 1. The van der Waals surface area contributed by atoms with Crippen molar-refractivity contribution in [2.75, 3.05) is 18.7 Å². The molecule has 0 bridgehead atoms. The number of benzene rings is 1. The average Bonchev–Trinajstić information content (AvgIpc) is 2.67. The van der Waals surface area contributed by atoms with Crippen molar-refractivity contribution in [2.45, 2.75) is 34.1 Å². The average molecular weight is 460 g/mol. The number of halogens is 2. The molecule has 0 spiro atoms. The van der Waals surface area contributed by atoms with Crippen molar-refractivity contribution in [2.24, 2.45) is 0 Å². The Labute approximate surface area is 173 Å². The fourth-order valence-corrected chi connectivity index (χ4v) is 2.19. The highest BCUT2D eigenvalue weighted by Gasteiger charge is 2.14. The van der Waals surface area contributed by atoms with E-state index in [2.05, 4.69) is 31.7 Å². The fourth-order valence-electron chi connectivity index (χ4n) is 1.86. The standard InChI is InChI=1S/C16H17BrFN3O2.C2H6.CH4O2/c1-3-6-23-21-16(22)11-8-15(17)19-9-14(11)20-13-5-4-10(2)7-12(13)18;1-2;2-1-3/h4-5,7-9,20H,3,6H2,1-2H3,(H,21,22);1-2H3;2-3H,1H2. The summed E-state index contributed by atoms with van der Waals surface area (Å²) in [7, 11) is 0. The second-order valence-electron chi connectivity index (χ2n) is 5.08. The Morgan fingerprint density at radius 3 is 2.46 bits per heavy atom. The lowest BCUT2D eigenvalue weighted by atomic mass is 10.2. The summed E-state index contributed by atoms with van der Waals surface area (Å²) in [4.78, 5) is 21.3. The molecule has 2 aromatic rings. The van der Waals surface area contributed by atoms with Crippen molar-refractivity contribution in [3.05, 3.63) is 52.0 Å². The third-order valence-electron chi connectivity index (χ3n) is 2.98. The maximum Gasteiger partial charge on any atom is 0.277 e. The summed E-state index contributed by atoms with van der Waals surface area (Å²) in [5, 5.41) is 17.1. The van der Waals surface area contributed by atoms with E-state index in [0.717, 1.165) is 12.0 Å². The van der Waals surface area contributed by atoms with Gasteiger partial charge in [-0.1, -0.05) is 26.8 Å². The smallest absolute Gasteiger partial charge is 0.277 e. The monoisotopic (exact) mass is 459 g/mol. The summed E-state index contributed by atoms with van der Waals surface area (Å²) in [6.45, 7) is 7.40. The van der Waals surface area contributed by atoms with Gasteiger partial charge < -0.3 is 15.5 Å². The summed E-state index contributed by atoms with van der Waals surface area (Å²) < 4.78 is 14.5. The number of rotatable bonds is 6. The predicted octanol–water partition coefficient (Wildman–Crippen LogP) is 4.06.